The molecule has 2 amide bonds. The second-order valence-corrected chi connectivity index (χ2v) is 7.28. The highest BCUT2D eigenvalue weighted by Crippen LogP contribution is 2.25. The van der Waals surface area contributed by atoms with Gasteiger partial charge in [0.05, 0.1) is 38.3 Å². The third kappa shape index (κ3) is 6.73. The first-order chi connectivity index (χ1) is 16.9. The lowest BCUT2D eigenvalue weighted by Gasteiger charge is -2.20. The van der Waals surface area contributed by atoms with Crippen LogP contribution in [-0.2, 0) is 20.9 Å². The number of amides is 2. The zero-order valence-corrected chi connectivity index (χ0v) is 19.6. The van der Waals surface area contributed by atoms with E-state index >= 15 is 0 Å². The number of likely N-dealkylation sites (N-methyl/N-ethyl adjacent to an activating group) is 1. The molecule has 0 atom stereocenters. The number of rotatable bonds is 10. The minimum absolute atomic E-state index is 0.209. The summed E-state index contributed by atoms with van der Waals surface area (Å²) < 4.78 is 20.7. The summed E-state index contributed by atoms with van der Waals surface area (Å²) in [6.07, 6.45) is 4.24. The first-order valence-electron chi connectivity index (χ1n) is 10.7. The van der Waals surface area contributed by atoms with E-state index in [0.29, 0.717) is 34.1 Å². The Morgan fingerprint density at radius 1 is 1.03 bits per heavy atom. The zero-order valence-electron chi connectivity index (χ0n) is 19.6. The van der Waals surface area contributed by atoms with Crippen LogP contribution < -0.4 is 19.7 Å². The van der Waals surface area contributed by atoms with Crippen LogP contribution in [0.3, 0.4) is 0 Å². The van der Waals surface area contributed by atoms with Gasteiger partial charge in [-0.2, -0.15) is 0 Å². The first-order valence-corrected chi connectivity index (χ1v) is 10.7. The van der Waals surface area contributed by atoms with Crippen LogP contribution in [0, 0.1) is 0 Å². The number of benzene rings is 2. The van der Waals surface area contributed by atoms with E-state index in [1.165, 1.54) is 37.5 Å². The summed E-state index contributed by atoms with van der Waals surface area (Å²) in [6.45, 7) is -0.289. The van der Waals surface area contributed by atoms with Crippen molar-refractivity contribution in [1.82, 2.24) is 5.32 Å². The number of furan rings is 1. The van der Waals surface area contributed by atoms with Crippen LogP contribution in [0.5, 0.6) is 11.5 Å². The molecule has 1 heterocycles. The van der Waals surface area contributed by atoms with Gasteiger partial charge in [-0.25, -0.2) is 4.79 Å². The van der Waals surface area contributed by atoms with Gasteiger partial charge in [-0.3, -0.25) is 9.59 Å². The topological polar surface area (TPSA) is 107 Å². The average molecular weight is 479 g/mol. The zero-order chi connectivity index (χ0) is 25.2. The van der Waals surface area contributed by atoms with Crippen LogP contribution in [0.2, 0.25) is 0 Å². The molecule has 0 fully saturated rings. The minimum Gasteiger partial charge on any atom is -0.497 e. The molecule has 0 saturated carbocycles. The first kappa shape index (κ1) is 25.1. The van der Waals surface area contributed by atoms with Gasteiger partial charge in [-0.15, -0.1) is 0 Å². The van der Waals surface area contributed by atoms with E-state index in [1.54, 1.807) is 61.7 Å². The fourth-order valence-electron chi connectivity index (χ4n) is 3.16. The Labute approximate surface area is 202 Å². The monoisotopic (exact) mass is 478 g/mol. The summed E-state index contributed by atoms with van der Waals surface area (Å²) in [4.78, 5) is 38.7. The molecule has 1 N–H and O–H groups in total. The Bertz CT molecular complexity index is 1200. The van der Waals surface area contributed by atoms with Crippen LogP contribution in [0.25, 0.3) is 6.08 Å². The van der Waals surface area contributed by atoms with E-state index in [1.807, 2.05) is 0 Å². The highest BCUT2D eigenvalue weighted by Gasteiger charge is 2.19. The van der Waals surface area contributed by atoms with Crippen molar-refractivity contribution in [3.05, 3.63) is 83.8 Å². The van der Waals surface area contributed by atoms with Crippen LogP contribution in [0.1, 0.15) is 21.7 Å². The standard InChI is InChI=1S/C26H26N2O7/c1-28(22-9-5-4-8-21(22)26(31)27-16-20-7-6-14-34-20)24(29)17-35-25(30)13-11-18-10-12-19(32-2)15-23(18)33-3/h4-15H,16-17H2,1-3H3,(H,27,31)/b13-11+. The van der Waals surface area contributed by atoms with Gasteiger partial charge in [-0.05, 0) is 42.5 Å². The Hall–Kier alpha value is -4.53. The molecule has 3 rings (SSSR count). The summed E-state index contributed by atoms with van der Waals surface area (Å²) in [5.74, 6) is 0.169. The largest absolute Gasteiger partial charge is 0.497 e. The molecule has 1 aromatic heterocycles. The number of carbonyl (C=O) groups is 3. The van der Waals surface area contributed by atoms with Crippen LogP contribution in [0.4, 0.5) is 5.69 Å². The van der Waals surface area contributed by atoms with Crippen LogP contribution in [-0.4, -0.2) is 45.7 Å². The van der Waals surface area contributed by atoms with Gasteiger partial charge in [-0.1, -0.05) is 12.1 Å². The van der Waals surface area contributed by atoms with Gasteiger partial charge in [0.2, 0.25) is 0 Å². The second-order valence-electron chi connectivity index (χ2n) is 7.28. The van der Waals surface area contributed by atoms with Gasteiger partial charge >= 0.3 is 5.97 Å². The number of nitrogens with zero attached hydrogens (tertiary/aromatic N) is 1. The molecule has 2 aromatic carbocycles. The maximum absolute atomic E-state index is 12.7. The molecule has 182 valence electrons. The number of esters is 1. The van der Waals surface area contributed by atoms with Crippen molar-refractivity contribution < 1.29 is 33.0 Å². The summed E-state index contributed by atoms with van der Waals surface area (Å²) in [5, 5.41) is 2.75. The predicted octanol–water partition coefficient (Wildman–Crippen LogP) is 3.45. The van der Waals surface area contributed by atoms with Crippen LogP contribution in [0.15, 0.2) is 71.4 Å². The maximum Gasteiger partial charge on any atom is 0.331 e. The molecule has 0 aliphatic heterocycles. The van der Waals surface area contributed by atoms with Crippen LogP contribution >= 0.6 is 0 Å². The van der Waals surface area contributed by atoms with Crippen molar-refractivity contribution >= 4 is 29.5 Å². The SMILES string of the molecule is COc1ccc(/C=C/C(=O)OCC(=O)N(C)c2ccccc2C(=O)NCc2ccco2)c(OC)c1. The van der Waals surface area contributed by atoms with E-state index in [-0.39, 0.29) is 12.5 Å². The molecular formula is C26H26N2O7. The second kappa shape index (κ2) is 12.1. The molecule has 3 aromatic rings. The van der Waals surface area contributed by atoms with Crippen molar-refractivity contribution in [3.8, 4) is 11.5 Å². The summed E-state index contributed by atoms with van der Waals surface area (Å²) >= 11 is 0. The van der Waals surface area contributed by atoms with Gasteiger partial charge < -0.3 is 28.8 Å². The predicted molar refractivity (Wildman–Crippen MR) is 129 cm³/mol. The summed E-state index contributed by atoms with van der Waals surface area (Å²) in [6, 6.07) is 15.3. The van der Waals surface area contributed by atoms with Gasteiger partial charge in [0, 0.05) is 24.8 Å². The molecule has 0 aliphatic carbocycles. The number of anilines is 1. The van der Waals surface area contributed by atoms with Gasteiger partial charge in [0.15, 0.2) is 6.61 Å². The Morgan fingerprint density at radius 2 is 1.83 bits per heavy atom. The quantitative estimate of drug-likeness (QED) is 0.351. The van der Waals surface area contributed by atoms with E-state index in [2.05, 4.69) is 5.32 Å². The molecular weight excluding hydrogens is 452 g/mol. The number of hydrogen-bond acceptors (Lipinski definition) is 7. The van der Waals surface area contributed by atoms with Gasteiger partial charge in [0.1, 0.15) is 17.3 Å². The maximum atomic E-state index is 12.7. The number of carbonyl (C=O) groups excluding carboxylic acids is 3. The van der Waals surface area contributed by atoms with E-state index in [0.717, 1.165) is 0 Å². The molecule has 9 nitrogen and oxygen atoms in total. The third-order valence-electron chi connectivity index (χ3n) is 5.06. The average Bonchev–Trinajstić information content (AvgIpc) is 3.42. The molecule has 0 bridgehead atoms. The van der Waals surface area contributed by atoms with E-state index < -0.39 is 18.5 Å². The van der Waals surface area contributed by atoms with Crippen molar-refractivity contribution in [2.24, 2.45) is 0 Å². The smallest absolute Gasteiger partial charge is 0.331 e. The fourth-order valence-corrected chi connectivity index (χ4v) is 3.16. The lowest BCUT2D eigenvalue weighted by Crippen LogP contribution is -2.33. The Kier molecular flexibility index (Phi) is 8.66. The molecule has 0 aliphatic rings. The number of nitrogens with one attached hydrogen (secondary N) is 1. The van der Waals surface area contributed by atoms with Crippen molar-refractivity contribution in [3.63, 3.8) is 0 Å². The summed E-state index contributed by atoms with van der Waals surface area (Å²) in [7, 11) is 4.56. The minimum atomic E-state index is -0.700. The summed E-state index contributed by atoms with van der Waals surface area (Å²) in [5.41, 5.74) is 1.32. The highest BCUT2D eigenvalue weighted by molar-refractivity contribution is 6.05. The molecule has 0 unspecified atom stereocenters. The van der Waals surface area contributed by atoms with Crippen molar-refractivity contribution in [2.45, 2.75) is 6.54 Å². The van der Waals surface area contributed by atoms with Gasteiger partial charge in [0.25, 0.3) is 11.8 Å². The Balaban J connectivity index is 1.59. The lowest BCUT2D eigenvalue weighted by atomic mass is 10.1. The lowest BCUT2D eigenvalue weighted by molar-refractivity contribution is -0.142. The highest BCUT2D eigenvalue weighted by atomic mass is 16.5. The molecule has 0 saturated heterocycles. The van der Waals surface area contributed by atoms with E-state index in [4.69, 9.17) is 18.6 Å². The number of methoxy groups -OCH3 is 2. The molecule has 9 heteroatoms. The number of hydrogen-bond donors (Lipinski definition) is 1. The van der Waals surface area contributed by atoms with Crippen molar-refractivity contribution in [1.29, 1.82) is 0 Å². The number of ether oxygens (including phenoxy) is 3. The van der Waals surface area contributed by atoms with E-state index in [9.17, 15) is 14.4 Å². The molecule has 0 spiro atoms. The molecule has 0 radical (unpaired) electrons. The fraction of sp³-hybridized carbons (Fsp3) is 0.192. The third-order valence-corrected chi connectivity index (χ3v) is 5.06. The molecule has 35 heavy (non-hydrogen) atoms. The normalized spacial score (nSPS) is 10.6. The van der Waals surface area contributed by atoms with Crippen molar-refractivity contribution in [2.75, 3.05) is 32.8 Å². The number of para-hydroxylation sites is 1. The Morgan fingerprint density at radius 3 is 2.54 bits per heavy atom.